The van der Waals surface area contributed by atoms with Gasteiger partial charge in [0.05, 0.1) is 12.3 Å². The summed E-state index contributed by atoms with van der Waals surface area (Å²) >= 11 is 0. The van der Waals surface area contributed by atoms with Gasteiger partial charge in [-0.3, -0.25) is 4.79 Å². The summed E-state index contributed by atoms with van der Waals surface area (Å²) in [7, 11) is 0. The third-order valence-electron chi connectivity index (χ3n) is 3.25. The monoisotopic (exact) mass is 273 g/mol. The summed E-state index contributed by atoms with van der Waals surface area (Å²) in [6.07, 6.45) is 2.10. The zero-order valence-corrected chi connectivity index (χ0v) is 12.5. The molecule has 0 fully saturated rings. The molecular formula is C17H23NO2. The lowest BCUT2D eigenvalue weighted by atomic mass is 10.0. The average Bonchev–Trinajstić information content (AvgIpc) is 2.43. The van der Waals surface area contributed by atoms with Gasteiger partial charge in [0.15, 0.2) is 0 Å². The van der Waals surface area contributed by atoms with Crippen molar-refractivity contribution in [3.63, 3.8) is 0 Å². The minimum Gasteiger partial charge on any atom is -0.395 e. The van der Waals surface area contributed by atoms with Crippen molar-refractivity contribution in [3.8, 4) is 11.8 Å². The molecular weight excluding hydrogens is 250 g/mol. The van der Waals surface area contributed by atoms with E-state index < -0.39 is 0 Å². The Kier molecular flexibility index (Phi) is 6.83. The maximum absolute atomic E-state index is 12.1. The molecule has 1 aromatic carbocycles. The Bertz CT molecular complexity index is 507. The number of hydrogen-bond acceptors (Lipinski definition) is 2. The number of anilines is 1. The number of nitrogens with one attached hydrogen (secondary N) is 1. The van der Waals surface area contributed by atoms with Crippen molar-refractivity contribution in [2.24, 2.45) is 5.92 Å². The molecule has 0 saturated heterocycles. The van der Waals surface area contributed by atoms with Crippen LogP contribution in [0.4, 0.5) is 5.69 Å². The molecule has 20 heavy (non-hydrogen) atoms. The largest absolute Gasteiger partial charge is 0.395 e. The van der Waals surface area contributed by atoms with Gasteiger partial charge in [-0.2, -0.15) is 0 Å². The first kappa shape index (κ1) is 16.3. The highest BCUT2D eigenvalue weighted by molar-refractivity contribution is 5.93. The Morgan fingerprint density at radius 2 is 2.05 bits per heavy atom. The van der Waals surface area contributed by atoms with Gasteiger partial charge in [0, 0.05) is 17.9 Å². The lowest BCUT2D eigenvalue weighted by Crippen LogP contribution is -2.22. The Morgan fingerprint density at radius 3 is 2.65 bits per heavy atom. The fraction of sp³-hybridized carbons (Fsp3) is 0.471. The molecule has 0 aliphatic rings. The van der Waals surface area contributed by atoms with E-state index in [1.165, 1.54) is 0 Å². The van der Waals surface area contributed by atoms with Crippen LogP contribution in [-0.4, -0.2) is 17.6 Å². The summed E-state index contributed by atoms with van der Waals surface area (Å²) in [5.41, 5.74) is 2.65. The predicted molar refractivity (Wildman–Crippen MR) is 82.5 cm³/mol. The summed E-state index contributed by atoms with van der Waals surface area (Å²) in [5, 5.41) is 11.7. The van der Waals surface area contributed by atoms with Crippen LogP contribution in [0.25, 0.3) is 0 Å². The van der Waals surface area contributed by atoms with E-state index in [0.29, 0.717) is 6.42 Å². The molecule has 2 N–H and O–H groups in total. The predicted octanol–water partition coefficient (Wildman–Crippen LogP) is 3.10. The van der Waals surface area contributed by atoms with Crippen molar-refractivity contribution in [2.45, 2.75) is 40.0 Å². The fourth-order valence-electron chi connectivity index (χ4n) is 1.98. The molecule has 3 heteroatoms. The highest BCUT2D eigenvalue weighted by Crippen LogP contribution is 2.19. The van der Waals surface area contributed by atoms with Gasteiger partial charge in [-0.05, 0) is 37.5 Å². The first-order valence-electron chi connectivity index (χ1n) is 7.13. The van der Waals surface area contributed by atoms with Crippen LogP contribution in [0.3, 0.4) is 0 Å². The van der Waals surface area contributed by atoms with Crippen LogP contribution in [0.15, 0.2) is 18.2 Å². The second-order valence-corrected chi connectivity index (χ2v) is 4.83. The quantitative estimate of drug-likeness (QED) is 0.810. The van der Waals surface area contributed by atoms with Gasteiger partial charge in [0.25, 0.3) is 0 Å². The summed E-state index contributed by atoms with van der Waals surface area (Å²) in [6, 6.07) is 5.80. The highest BCUT2D eigenvalue weighted by atomic mass is 16.2. The number of hydrogen-bond donors (Lipinski definition) is 2. The number of aliphatic hydroxyl groups excluding tert-OH is 1. The summed E-state index contributed by atoms with van der Waals surface area (Å²) in [5.74, 6) is 5.99. The van der Waals surface area contributed by atoms with E-state index in [-0.39, 0.29) is 18.4 Å². The zero-order chi connectivity index (χ0) is 15.0. The molecule has 3 nitrogen and oxygen atoms in total. The Balaban J connectivity index is 2.95. The van der Waals surface area contributed by atoms with Crippen molar-refractivity contribution in [3.05, 3.63) is 29.3 Å². The number of carbonyl (C=O) groups excluding carboxylic acids is 1. The molecule has 0 unspecified atom stereocenters. The Hall–Kier alpha value is -1.79. The lowest BCUT2D eigenvalue weighted by molar-refractivity contribution is -0.120. The van der Waals surface area contributed by atoms with Crippen molar-refractivity contribution in [1.82, 2.24) is 0 Å². The molecule has 0 atom stereocenters. The van der Waals surface area contributed by atoms with E-state index in [2.05, 4.69) is 17.2 Å². The molecule has 0 radical (unpaired) electrons. The number of aryl methyl sites for hydroxylation is 1. The molecule has 0 heterocycles. The summed E-state index contributed by atoms with van der Waals surface area (Å²) in [6.45, 7) is 6.08. The smallest absolute Gasteiger partial charge is 0.227 e. The number of carbonyl (C=O) groups is 1. The second kappa shape index (κ2) is 8.39. The molecule has 0 aliphatic carbocycles. The molecule has 0 aliphatic heterocycles. The number of amides is 1. The van der Waals surface area contributed by atoms with E-state index >= 15 is 0 Å². The summed E-state index contributed by atoms with van der Waals surface area (Å²) < 4.78 is 0. The van der Waals surface area contributed by atoms with E-state index in [1.54, 1.807) is 0 Å². The van der Waals surface area contributed by atoms with Crippen molar-refractivity contribution in [2.75, 3.05) is 11.9 Å². The van der Waals surface area contributed by atoms with Gasteiger partial charge in [0.2, 0.25) is 5.91 Å². The van der Waals surface area contributed by atoms with Crippen molar-refractivity contribution < 1.29 is 9.90 Å². The van der Waals surface area contributed by atoms with Gasteiger partial charge in [0.1, 0.15) is 0 Å². The fourth-order valence-corrected chi connectivity index (χ4v) is 1.98. The van der Waals surface area contributed by atoms with Crippen LogP contribution < -0.4 is 5.32 Å². The van der Waals surface area contributed by atoms with Crippen molar-refractivity contribution >= 4 is 11.6 Å². The molecule has 1 aromatic rings. The third-order valence-corrected chi connectivity index (χ3v) is 3.25. The molecule has 0 bridgehead atoms. The molecule has 108 valence electrons. The third kappa shape index (κ3) is 4.71. The van der Waals surface area contributed by atoms with Crippen LogP contribution in [0.2, 0.25) is 0 Å². The Morgan fingerprint density at radius 1 is 1.35 bits per heavy atom. The lowest BCUT2D eigenvalue weighted by Gasteiger charge is -2.14. The maximum atomic E-state index is 12.1. The van der Waals surface area contributed by atoms with E-state index in [9.17, 15) is 4.79 Å². The van der Waals surface area contributed by atoms with Crippen LogP contribution in [0, 0.1) is 24.7 Å². The maximum Gasteiger partial charge on any atom is 0.227 e. The number of benzene rings is 1. The standard InChI is InChI=1S/C17H23NO2/c1-4-14(5-2)17(20)18-16-10-9-13(3)12-15(16)8-6-7-11-19/h9-10,12,14,19H,4-5,7,11H2,1-3H3,(H,18,20). The minimum absolute atomic E-state index is 0.0366. The van der Waals surface area contributed by atoms with Gasteiger partial charge < -0.3 is 10.4 Å². The SMILES string of the molecule is CCC(CC)C(=O)Nc1ccc(C)cc1C#CCCO. The minimum atomic E-state index is 0.0366. The summed E-state index contributed by atoms with van der Waals surface area (Å²) in [4.78, 5) is 12.1. The first-order valence-corrected chi connectivity index (χ1v) is 7.13. The van der Waals surface area contributed by atoms with E-state index in [4.69, 9.17) is 5.11 Å². The molecule has 0 saturated carbocycles. The topological polar surface area (TPSA) is 49.3 Å². The van der Waals surface area contributed by atoms with E-state index in [1.807, 2.05) is 39.0 Å². The normalized spacial score (nSPS) is 10.1. The van der Waals surface area contributed by atoms with Crippen LogP contribution in [-0.2, 0) is 4.79 Å². The first-order chi connectivity index (χ1) is 9.62. The highest BCUT2D eigenvalue weighted by Gasteiger charge is 2.15. The second-order valence-electron chi connectivity index (χ2n) is 4.83. The van der Waals surface area contributed by atoms with Gasteiger partial charge >= 0.3 is 0 Å². The molecule has 0 spiro atoms. The van der Waals surface area contributed by atoms with Gasteiger partial charge in [-0.25, -0.2) is 0 Å². The Labute approximate surface area is 121 Å². The van der Waals surface area contributed by atoms with Crippen LogP contribution in [0.5, 0.6) is 0 Å². The van der Waals surface area contributed by atoms with E-state index in [0.717, 1.165) is 29.7 Å². The van der Waals surface area contributed by atoms with Gasteiger partial charge in [-0.15, -0.1) is 0 Å². The number of rotatable bonds is 5. The molecule has 1 rings (SSSR count). The van der Waals surface area contributed by atoms with Crippen LogP contribution in [0.1, 0.15) is 44.2 Å². The molecule has 0 aromatic heterocycles. The average molecular weight is 273 g/mol. The van der Waals surface area contributed by atoms with Crippen molar-refractivity contribution in [1.29, 1.82) is 0 Å². The number of aliphatic hydroxyl groups is 1. The van der Waals surface area contributed by atoms with Crippen LogP contribution >= 0.6 is 0 Å². The zero-order valence-electron chi connectivity index (χ0n) is 12.5. The molecule has 1 amide bonds. The van der Waals surface area contributed by atoms with Gasteiger partial charge in [-0.1, -0.05) is 31.8 Å².